The van der Waals surface area contributed by atoms with Crippen molar-refractivity contribution < 1.29 is 0 Å². The van der Waals surface area contributed by atoms with Crippen LogP contribution in [0.3, 0.4) is 0 Å². The number of nitrogens with zero attached hydrogens (tertiary/aromatic N) is 1. The van der Waals surface area contributed by atoms with Crippen molar-refractivity contribution in [2.45, 2.75) is 26.3 Å². The van der Waals surface area contributed by atoms with Crippen LogP contribution < -0.4 is 5.73 Å². The van der Waals surface area contributed by atoms with Gasteiger partial charge in [0.15, 0.2) is 0 Å². The highest BCUT2D eigenvalue weighted by atomic mass is 14.9. The third-order valence-corrected chi connectivity index (χ3v) is 1.47. The average Bonchev–Trinajstić information content (AvgIpc) is 2.34. The fourth-order valence-electron chi connectivity index (χ4n) is 0.790. The van der Waals surface area contributed by atoms with Crippen molar-refractivity contribution in [3.8, 4) is 0 Å². The van der Waals surface area contributed by atoms with E-state index in [0.29, 0.717) is 0 Å². The van der Waals surface area contributed by atoms with Crippen molar-refractivity contribution in [1.29, 1.82) is 0 Å². The summed E-state index contributed by atoms with van der Waals surface area (Å²) in [5.74, 6) is 1.01. The topological polar surface area (TPSA) is 54.7 Å². The van der Waals surface area contributed by atoms with Crippen LogP contribution in [0.25, 0.3) is 0 Å². The Morgan fingerprint density at radius 1 is 1.80 bits per heavy atom. The Morgan fingerprint density at radius 2 is 2.50 bits per heavy atom. The monoisotopic (exact) mass is 139 g/mol. The van der Waals surface area contributed by atoms with Crippen LogP contribution >= 0.6 is 0 Å². The zero-order valence-electron chi connectivity index (χ0n) is 6.39. The summed E-state index contributed by atoms with van der Waals surface area (Å²) in [5, 5.41) is 0. The highest BCUT2D eigenvalue weighted by molar-refractivity contribution is 5.04. The third-order valence-electron chi connectivity index (χ3n) is 1.47. The molecule has 0 saturated heterocycles. The Balaban J connectivity index is 2.78. The molecule has 0 radical (unpaired) electrons. The van der Waals surface area contributed by atoms with Gasteiger partial charge in [0.1, 0.15) is 5.82 Å². The molecule has 3 nitrogen and oxygen atoms in total. The first-order chi connectivity index (χ1) is 4.74. The lowest BCUT2D eigenvalue weighted by atomic mass is 10.3. The minimum absolute atomic E-state index is 0.0628. The van der Waals surface area contributed by atoms with Crippen molar-refractivity contribution in [3.63, 3.8) is 0 Å². The normalized spacial score (nSPS) is 13.5. The maximum atomic E-state index is 5.61. The van der Waals surface area contributed by atoms with Gasteiger partial charge >= 0.3 is 0 Å². The van der Waals surface area contributed by atoms with Crippen LogP contribution in [0.4, 0.5) is 0 Å². The first-order valence-electron chi connectivity index (χ1n) is 3.53. The van der Waals surface area contributed by atoms with Crippen molar-refractivity contribution >= 4 is 0 Å². The smallest absolute Gasteiger partial charge is 0.105 e. The summed E-state index contributed by atoms with van der Waals surface area (Å²) >= 11 is 0. The van der Waals surface area contributed by atoms with Crippen LogP contribution in [0.1, 0.15) is 31.4 Å². The molecular formula is C7H13N3. The summed E-state index contributed by atoms with van der Waals surface area (Å²) in [6.45, 7) is 4.00. The van der Waals surface area contributed by atoms with Gasteiger partial charge in [0.05, 0.1) is 5.69 Å². The van der Waals surface area contributed by atoms with Gasteiger partial charge in [-0.15, -0.1) is 0 Å². The van der Waals surface area contributed by atoms with Crippen LogP contribution in [0.2, 0.25) is 0 Å². The molecule has 1 aromatic rings. The van der Waals surface area contributed by atoms with Crippen LogP contribution in [0, 0.1) is 0 Å². The number of hydrogen-bond acceptors (Lipinski definition) is 2. The molecule has 3 N–H and O–H groups in total. The Kier molecular flexibility index (Phi) is 2.06. The Bertz CT molecular complexity index is 202. The molecule has 0 aromatic carbocycles. The van der Waals surface area contributed by atoms with Crippen molar-refractivity contribution in [1.82, 2.24) is 9.97 Å². The third kappa shape index (κ3) is 1.36. The van der Waals surface area contributed by atoms with Crippen molar-refractivity contribution in [3.05, 3.63) is 17.7 Å². The number of aromatic amines is 1. The van der Waals surface area contributed by atoms with E-state index in [0.717, 1.165) is 17.9 Å². The highest BCUT2D eigenvalue weighted by Crippen LogP contribution is 2.05. The predicted octanol–water partition coefficient (Wildman–Crippen LogP) is 0.992. The van der Waals surface area contributed by atoms with Gasteiger partial charge in [-0.3, -0.25) is 0 Å². The number of aromatic nitrogens is 2. The maximum absolute atomic E-state index is 5.61. The Hall–Kier alpha value is -0.830. The zero-order chi connectivity index (χ0) is 7.56. The van der Waals surface area contributed by atoms with Gasteiger partial charge in [0, 0.05) is 18.7 Å². The van der Waals surface area contributed by atoms with E-state index in [1.807, 2.05) is 6.92 Å². The molecule has 3 heteroatoms. The SMILES string of the molecule is CCc1ncc([C@H](C)N)[nH]1. The van der Waals surface area contributed by atoms with E-state index in [2.05, 4.69) is 16.9 Å². The van der Waals surface area contributed by atoms with E-state index >= 15 is 0 Å². The standard InChI is InChI=1S/C7H13N3/c1-3-7-9-4-6(10-7)5(2)8/h4-5H,3,8H2,1-2H3,(H,9,10)/t5-/m0/s1. The first-order valence-corrected chi connectivity index (χ1v) is 3.53. The molecule has 0 amide bonds. The predicted molar refractivity (Wildman–Crippen MR) is 40.6 cm³/mol. The highest BCUT2D eigenvalue weighted by Gasteiger charge is 2.01. The van der Waals surface area contributed by atoms with Crippen LogP contribution in [0.15, 0.2) is 6.20 Å². The molecular weight excluding hydrogens is 126 g/mol. The van der Waals surface area contributed by atoms with E-state index in [-0.39, 0.29) is 6.04 Å². The zero-order valence-corrected chi connectivity index (χ0v) is 6.39. The lowest BCUT2D eigenvalue weighted by Crippen LogP contribution is -2.05. The number of nitrogens with one attached hydrogen (secondary N) is 1. The van der Waals surface area contributed by atoms with Gasteiger partial charge < -0.3 is 10.7 Å². The quantitative estimate of drug-likeness (QED) is 0.642. The van der Waals surface area contributed by atoms with Gasteiger partial charge in [-0.1, -0.05) is 6.92 Å². The summed E-state index contributed by atoms with van der Waals surface area (Å²) in [6.07, 6.45) is 2.73. The fourth-order valence-corrected chi connectivity index (χ4v) is 0.790. The van der Waals surface area contributed by atoms with E-state index < -0.39 is 0 Å². The number of hydrogen-bond donors (Lipinski definition) is 2. The molecule has 0 aliphatic rings. The van der Waals surface area contributed by atoms with Gasteiger partial charge in [-0.05, 0) is 6.92 Å². The molecule has 1 heterocycles. The summed E-state index contributed by atoms with van der Waals surface area (Å²) < 4.78 is 0. The summed E-state index contributed by atoms with van der Waals surface area (Å²) in [7, 11) is 0. The molecule has 0 saturated carbocycles. The van der Waals surface area contributed by atoms with E-state index in [9.17, 15) is 0 Å². The minimum Gasteiger partial charge on any atom is -0.345 e. The van der Waals surface area contributed by atoms with Gasteiger partial charge in [-0.25, -0.2) is 4.98 Å². The number of aryl methyl sites for hydroxylation is 1. The second-order valence-electron chi connectivity index (χ2n) is 2.43. The van der Waals surface area contributed by atoms with Gasteiger partial charge in [-0.2, -0.15) is 0 Å². The molecule has 0 spiro atoms. The molecule has 1 atom stereocenters. The van der Waals surface area contributed by atoms with E-state index in [1.54, 1.807) is 6.20 Å². The Morgan fingerprint density at radius 3 is 2.80 bits per heavy atom. The van der Waals surface area contributed by atoms with Gasteiger partial charge in [0.25, 0.3) is 0 Å². The minimum atomic E-state index is 0.0628. The first kappa shape index (κ1) is 7.28. The molecule has 10 heavy (non-hydrogen) atoms. The van der Waals surface area contributed by atoms with Crippen molar-refractivity contribution in [2.24, 2.45) is 5.73 Å². The molecule has 56 valence electrons. The Labute approximate surface area is 60.7 Å². The largest absolute Gasteiger partial charge is 0.345 e. The maximum Gasteiger partial charge on any atom is 0.105 e. The van der Waals surface area contributed by atoms with E-state index in [4.69, 9.17) is 5.73 Å². The lowest BCUT2D eigenvalue weighted by molar-refractivity contribution is 0.782. The van der Waals surface area contributed by atoms with E-state index in [1.165, 1.54) is 0 Å². The fraction of sp³-hybridized carbons (Fsp3) is 0.571. The van der Waals surface area contributed by atoms with Crippen molar-refractivity contribution in [2.75, 3.05) is 0 Å². The summed E-state index contributed by atoms with van der Waals surface area (Å²) in [4.78, 5) is 7.25. The molecule has 1 rings (SSSR count). The summed E-state index contributed by atoms with van der Waals surface area (Å²) in [5.41, 5.74) is 6.62. The number of imidazole rings is 1. The molecule has 0 unspecified atom stereocenters. The molecule has 0 bridgehead atoms. The summed E-state index contributed by atoms with van der Waals surface area (Å²) in [6, 6.07) is 0.0628. The number of H-pyrrole nitrogens is 1. The second kappa shape index (κ2) is 2.84. The second-order valence-corrected chi connectivity index (χ2v) is 2.43. The average molecular weight is 139 g/mol. The van der Waals surface area contributed by atoms with Crippen LogP contribution in [-0.4, -0.2) is 9.97 Å². The molecule has 0 aliphatic carbocycles. The molecule has 0 aliphatic heterocycles. The number of rotatable bonds is 2. The van der Waals surface area contributed by atoms with Crippen LogP contribution in [0.5, 0.6) is 0 Å². The molecule has 0 fully saturated rings. The number of nitrogens with two attached hydrogens (primary N) is 1. The molecule has 1 aromatic heterocycles. The van der Waals surface area contributed by atoms with Gasteiger partial charge in [0.2, 0.25) is 0 Å². The lowest BCUT2D eigenvalue weighted by Gasteiger charge is -1.97. The van der Waals surface area contributed by atoms with Crippen LogP contribution in [-0.2, 0) is 6.42 Å².